The molecule has 1 aromatic heterocycles. The van der Waals surface area contributed by atoms with Gasteiger partial charge >= 0.3 is 0 Å². The molecule has 0 saturated heterocycles. The molecule has 0 aliphatic rings. The molecule has 0 aliphatic carbocycles. The number of aliphatic hydroxyl groups excluding tert-OH is 1. The Morgan fingerprint density at radius 3 is 2.37 bits per heavy atom. The van der Waals surface area contributed by atoms with Crippen LogP contribution in [0.2, 0.25) is 0 Å². The van der Waals surface area contributed by atoms with Gasteiger partial charge in [-0.3, -0.25) is 0 Å². The third-order valence-electron chi connectivity index (χ3n) is 4.51. The number of rotatable bonds is 10. The van der Waals surface area contributed by atoms with E-state index in [1.165, 1.54) is 24.3 Å². The van der Waals surface area contributed by atoms with Crippen molar-refractivity contribution < 1.29 is 22.7 Å². The molecule has 160 valence electrons. The molecule has 0 radical (unpaired) electrons. The summed E-state index contributed by atoms with van der Waals surface area (Å²) < 4.78 is 43.7. The van der Waals surface area contributed by atoms with Crippen molar-refractivity contribution >= 4 is 10.0 Å². The van der Waals surface area contributed by atoms with Gasteiger partial charge in [-0.15, -0.1) is 0 Å². The molecule has 30 heavy (non-hydrogen) atoms. The summed E-state index contributed by atoms with van der Waals surface area (Å²) in [6, 6.07) is 14.0. The van der Waals surface area contributed by atoms with Crippen LogP contribution in [-0.2, 0) is 21.4 Å². The highest BCUT2D eigenvalue weighted by atomic mass is 32.2. The maximum atomic E-state index is 13.4. The number of primary sulfonamides is 1. The lowest BCUT2D eigenvalue weighted by atomic mass is 10.1. The van der Waals surface area contributed by atoms with Crippen molar-refractivity contribution in [2.24, 2.45) is 5.14 Å². The highest BCUT2D eigenvalue weighted by Crippen LogP contribution is 2.25. The van der Waals surface area contributed by atoms with Crippen molar-refractivity contribution in [3.05, 3.63) is 66.1 Å². The Labute approximate surface area is 175 Å². The van der Waals surface area contributed by atoms with Crippen LogP contribution in [0.15, 0.2) is 59.5 Å². The van der Waals surface area contributed by atoms with E-state index in [-0.39, 0.29) is 17.3 Å². The van der Waals surface area contributed by atoms with E-state index in [9.17, 15) is 12.8 Å². The zero-order chi connectivity index (χ0) is 21.6. The molecule has 0 unspecified atom stereocenters. The lowest BCUT2D eigenvalue weighted by Gasteiger charge is -2.08. The van der Waals surface area contributed by atoms with E-state index in [1.807, 2.05) is 6.07 Å². The van der Waals surface area contributed by atoms with Gasteiger partial charge in [-0.05, 0) is 73.9 Å². The lowest BCUT2D eigenvalue weighted by molar-refractivity contribution is 0.113. The van der Waals surface area contributed by atoms with Crippen molar-refractivity contribution in [1.29, 1.82) is 0 Å². The number of unbranched alkanes of at least 4 members (excludes halogenated alkanes) is 2. The first-order chi connectivity index (χ1) is 14.4. The average Bonchev–Trinajstić information content (AvgIpc) is 3.15. The summed E-state index contributed by atoms with van der Waals surface area (Å²) in [7, 11) is -3.79. The minimum Gasteiger partial charge on any atom is -0.396 e. The second kappa shape index (κ2) is 9.94. The molecule has 3 aromatic rings. The highest BCUT2D eigenvalue weighted by Gasteiger charge is 2.14. The molecule has 0 atom stereocenters. The van der Waals surface area contributed by atoms with E-state index in [0.717, 1.165) is 30.5 Å². The number of nitrogens with zero attached hydrogens (tertiary/aromatic N) is 2. The standard InChI is InChI=1S/C21H24FN3O4S/c22-17-6-4-16(5-7-17)21-14-18(15-29-13-3-1-2-12-26)24-25(21)19-8-10-20(11-9-19)30(23,27)28/h4-11,14,26H,1-3,12-13,15H2,(H2,23,27,28). The van der Waals surface area contributed by atoms with Crippen molar-refractivity contribution in [3.8, 4) is 16.9 Å². The van der Waals surface area contributed by atoms with Gasteiger partial charge in [0.2, 0.25) is 10.0 Å². The molecule has 9 heteroatoms. The molecule has 3 N–H and O–H groups in total. The normalized spacial score (nSPS) is 11.7. The van der Waals surface area contributed by atoms with Crippen molar-refractivity contribution in [2.75, 3.05) is 13.2 Å². The molecule has 0 spiro atoms. The van der Waals surface area contributed by atoms with E-state index in [0.29, 0.717) is 24.6 Å². The molecule has 0 amide bonds. The van der Waals surface area contributed by atoms with Gasteiger partial charge in [0, 0.05) is 18.8 Å². The molecule has 2 aromatic carbocycles. The Bertz CT molecular complexity index is 1060. The Kier molecular flexibility index (Phi) is 7.33. The summed E-state index contributed by atoms with van der Waals surface area (Å²) in [5.74, 6) is -0.339. The summed E-state index contributed by atoms with van der Waals surface area (Å²) in [4.78, 5) is 0.00757. The van der Waals surface area contributed by atoms with E-state index >= 15 is 0 Å². The van der Waals surface area contributed by atoms with Crippen LogP contribution < -0.4 is 5.14 Å². The number of benzene rings is 2. The molecule has 0 aliphatic heterocycles. The fraction of sp³-hybridized carbons (Fsp3) is 0.286. The summed E-state index contributed by atoms with van der Waals surface area (Å²) in [5, 5.41) is 18.6. The number of ether oxygens (including phenoxy) is 1. The van der Waals surface area contributed by atoms with Gasteiger partial charge in [-0.1, -0.05) is 0 Å². The van der Waals surface area contributed by atoms with Gasteiger partial charge < -0.3 is 9.84 Å². The van der Waals surface area contributed by atoms with Crippen LogP contribution in [0.1, 0.15) is 25.0 Å². The summed E-state index contributed by atoms with van der Waals surface area (Å²) in [6.45, 7) is 1.03. The smallest absolute Gasteiger partial charge is 0.238 e. The molecule has 0 bridgehead atoms. The Morgan fingerprint density at radius 1 is 1.03 bits per heavy atom. The molecular formula is C21H24FN3O4S. The predicted octanol–water partition coefficient (Wildman–Crippen LogP) is 3.01. The van der Waals surface area contributed by atoms with Crippen LogP contribution in [0.25, 0.3) is 16.9 Å². The van der Waals surface area contributed by atoms with E-state index < -0.39 is 10.0 Å². The fourth-order valence-electron chi connectivity index (χ4n) is 2.97. The molecule has 3 rings (SSSR count). The molecule has 7 nitrogen and oxygen atoms in total. The van der Waals surface area contributed by atoms with Gasteiger partial charge in [-0.25, -0.2) is 22.6 Å². The topological polar surface area (TPSA) is 107 Å². The largest absolute Gasteiger partial charge is 0.396 e. The molecule has 0 fully saturated rings. The van der Waals surface area contributed by atoms with Crippen LogP contribution in [-0.4, -0.2) is 36.5 Å². The van der Waals surface area contributed by atoms with Gasteiger partial charge in [-0.2, -0.15) is 5.10 Å². The SMILES string of the molecule is NS(=O)(=O)c1ccc(-n2nc(COCCCCCO)cc2-c2ccc(F)cc2)cc1. The maximum absolute atomic E-state index is 13.4. The zero-order valence-electron chi connectivity index (χ0n) is 16.4. The van der Waals surface area contributed by atoms with Crippen molar-refractivity contribution in [1.82, 2.24) is 9.78 Å². The zero-order valence-corrected chi connectivity index (χ0v) is 17.2. The first-order valence-electron chi connectivity index (χ1n) is 9.55. The molecule has 1 heterocycles. The fourth-order valence-corrected chi connectivity index (χ4v) is 3.49. The van der Waals surface area contributed by atoms with Crippen LogP contribution in [0.4, 0.5) is 4.39 Å². The first-order valence-corrected chi connectivity index (χ1v) is 11.1. The first kappa shape index (κ1) is 22.1. The number of hydrogen-bond acceptors (Lipinski definition) is 5. The summed E-state index contributed by atoms with van der Waals surface area (Å²) in [6.07, 6.45) is 2.49. The minimum absolute atomic E-state index is 0.00757. The second-order valence-electron chi connectivity index (χ2n) is 6.82. The van der Waals surface area contributed by atoms with E-state index in [4.69, 9.17) is 15.0 Å². The van der Waals surface area contributed by atoms with Gasteiger partial charge in [0.25, 0.3) is 0 Å². The second-order valence-corrected chi connectivity index (χ2v) is 8.38. The number of nitrogens with two attached hydrogens (primary N) is 1. The van der Waals surface area contributed by atoms with Gasteiger partial charge in [0.15, 0.2) is 0 Å². The number of aliphatic hydroxyl groups is 1. The average molecular weight is 434 g/mol. The van der Waals surface area contributed by atoms with Crippen LogP contribution in [0.5, 0.6) is 0 Å². The van der Waals surface area contributed by atoms with Crippen molar-refractivity contribution in [3.63, 3.8) is 0 Å². The minimum atomic E-state index is -3.79. The van der Waals surface area contributed by atoms with Crippen LogP contribution in [0.3, 0.4) is 0 Å². The maximum Gasteiger partial charge on any atom is 0.238 e. The third kappa shape index (κ3) is 5.73. The lowest BCUT2D eigenvalue weighted by Crippen LogP contribution is -2.12. The Hall–Kier alpha value is -2.59. The summed E-state index contributed by atoms with van der Waals surface area (Å²) >= 11 is 0. The molecular weight excluding hydrogens is 409 g/mol. The number of halogens is 1. The quantitative estimate of drug-likeness (QED) is 0.478. The third-order valence-corrected chi connectivity index (χ3v) is 5.44. The highest BCUT2D eigenvalue weighted by molar-refractivity contribution is 7.89. The summed E-state index contributed by atoms with van der Waals surface area (Å²) in [5.41, 5.74) is 2.80. The Morgan fingerprint density at radius 2 is 1.73 bits per heavy atom. The Balaban J connectivity index is 1.86. The van der Waals surface area contributed by atoms with Gasteiger partial charge in [0.1, 0.15) is 5.82 Å². The van der Waals surface area contributed by atoms with Crippen molar-refractivity contribution in [2.45, 2.75) is 30.8 Å². The van der Waals surface area contributed by atoms with Gasteiger partial charge in [0.05, 0.1) is 28.6 Å². The van der Waals surface area contributed by atoms with Crippen LogP contribution in [0, 0.1) is 5.82 Å². The monoisotopic (exact) mass is 433 g/mol. The number of sulfonamides is 1. The molecule has 0 saturated carbocycles. The number of aromatic nitrogens is 2. The van der Waals surface area contributed by atoms with E-state index in [1.54, 1.807) is 28.9 Å². The predicted molar refractivity (Wildman–Crippen MR) is 111 cm³/mol. The number of hydrogen-bond donors (Lipinski definition) is 2. The van der Waals surface area contributed by atoms with E-state index in [2.05, 4.69) is 5.10 Å². The van der Waals surface area contributed by atoms with Crippen LogP contribution >= 0.6 is 0 Å².